The van der Waals surface area contributed by atoms with Crippen molar-refractivity contribution >= 4 is 0 Å². The van der Waals surface area contributed by atoms with Crippen LogP contribution in [0.5, 0.6) is 0 Å². The third kappa shape index (κ3) is 1.90. The number of hydrogen-bond donors (Lipinski definition) is 1. The van der Waals surface area contributed by atoms with Gasteiger partial charge in [0.05, 0.1) is 6.10 Å². The van der Waals surface area contributed by atoms with Gasteiger partial charge in [-0.05, 0) is 37.0 Å². The van der Waals surface area contributed by atoms with E-state index >= 15 is 0 Å². The second-order valence-electron chi connectivity index (χ2n) is 4.99. The van der Waals surface area contributed by atoms with E-state index < -0.39 is 0 Å². The number of aliphatic hydroxyl groups is 1. The Morgan fingerprint density at radius 1 is 1.15 bits per heavy atom. The van der Waals surface area contributed by atoms with Gasteiger partial charge in [0.15, 0.2) is 0 Å². The first kappa shape index (κ1) is 9.51. The van der Waals surface area contributed by atoms with Crippen LogP contribution in [0, 0.1) is 17.8 Å². The minimum atomic E-state index is 0.0249. The van der Waals surface area contributed by atoms with Crippen LogP contribution in [-0.4, -0.2) is 11.2 Å². The molecule has 1 N–H and O–H groups in total. The minimum absolute atomic E-state index is 0.0249. The Bertz CT molecular complexity index is 167. The SMILES string of the molecule is CCC1CCCC2CC(O)CCC12. The maximum Gasteiger partial charge on any atom is 0.0543 e. The summed E-state index contributed by atoms with van der Waals surface area (Å²) in [5.41, 5.74) is 0. The van der Waals surface area contributed by atoms with Gasteiger partial charge in [-0.3, -0.25) is 0 Å². The number of fused-ring (bicyclic) bond motifs is 1. The molecule has 2 saturated carbocycles. The lowest BCUT2D eigenvalue weighted by Gasteiger charge is -2.42. The molecule has 76 valence electrons. The second-order valence-corrected chi connectivity index (χ2v) is 4.99. The summed E-state index contributed by atoms with van der Waals surface area (Å²) >= 11 is 0. The quantitative estimate of drug-likeness (QED) is 0.661. The van der Waals surface area contributed by atoms with Gasteiger partial charge in [0.25, 0.3) is 0 Å². The zero-order valence-corrected chi connectivity index (χ0v) is 8.71. The van der Waals surface area contributed by atoms with E-state index in [1.54, 1.807) is 0 Å². The van der Waals surface area contributed by atoms with Gasteiger partial charge in [-0.1, -0.05) is 32.6 Å². The average Bonchev–Trinajstić information content (AvgIpc) is 2.16. The smallest absolute Gasteiger partial charge is 0.0543 e. The van der Waals surface area contributed by atoms with Crippen molar-refractivity contribution in [3.63, 3.8) is 0 Å². The Hall–Kier alpha value is -0.0400. The van der Waals surface area contributed by atoms with Gasteiger partial charge in [0.1, 0.15) is 0 Å². The first-order valence-corrected chi connectivity index (χ1v) is 5.99. The Kier molecular flexibility index (Phi) is 2.92. The minimum Gasteiger partial charge on any atom is -0.393 e. The van der Waals surface area contributed by atoms with Crippen LogP contribution in [0.2, 0.25) is 0 Å². The lowest BCUT2D eigenvalue weighted by molar-refractivity contribution is 0.0205. The highest BCUT2D eigenvalue weighted by Gasteiger charge is 2.36. The summed E-state index contributed by atoms with van der Waals surface area (Å²) in [6.45, 7) is 2.33. The Balaban J connectivity index is 1.99. The first-order valence-electron chi connectivity index (χ1n) is 5.99. The summed E-state index contributed by atoms with van der Waals surface area (Å²) in [6, 6.07) is 0. The van der Waals surface area contributed by atoms with E-state index in [4.69, 9.17) is 0 Å². The molecule has 0 amide bonds. The van der Waals surface area contributed by atoms with Crippen molar-refractivity contribution in [3.8, 4) is 0 Å². The van der Waals surface area contributed by atoms with Crippen LogP contribution in [0.1, 0.15) is 51.9 Å². The predicted molar refractivity (Wildman–Crippen MR) is 54.5 cm³/mol. The van der Waals surface area contributed by atoms with Crippen molar-refractivity contribution in [2.45, 2.75) is 58.0 Å². The molecule has 1 heteroatoms. The van der Waals surface area contributed by atoms with Gasteiger partial charge in [-0.25, -0.2) is 0 Å². The lowest BCUT2D eigenvalue weighted by atomic mass is 9.64. The molecule has 4 atom stereocenters. The van der Waals surface area contributed by atoms with Crippen LogP contribution in [0.3, 0.4) is 0 Å². The lowest BCUT2D eigenvalue weighted by Crippen LogP contribution is -2.35. The highest BCUT2D eigenvalue weighted by atomic mass is 16.3. The fourth-order valence-corrected chi connectivity index (χ4v) is 3.58. The third-order valence-corrected chi connectivity index (χ3v) is 4.29. The maximum absolute atomic E-state index is 9.61. The van der Waals surface area contributed by atoms with E-state index in [2.05, 4.69) is 6.92 Å². The molecule has 0 heterocycles. The van der Waals surface area contributed by atoms with Gasteiger partial charge in [-0.15, -0.1) is 0 Å². The molecular formula is C12H22O. The maximum atomic E-state index is 9.61. The third-order valence-electron chi connectivity index (χ3n) is 4.29. The van der Waals surface area contributed by atoms with E-state index in [0.29, 0.717) is 0 Å². The molecule has 2 aliphatic carbocycles. The topological polar surface area (TPSA) is 20.2 Å². The normalized spacial score (nSPS) is 45.7. The van der Waals surface area contributed by atoms with Crippen LogP contribution >= 0.6 is 0 Å². The predicted octanol–water partition coefficient (Wildman–Crippen LogP) is 2.97. The van der Waals surface area contributed by atoms with Crippen LogP contribution in [0.4, 0.5) is 0 Å². The monoisotopic (exact) mass is 182 g/mol. The standard InChI is InChI=1S/C12H22O/c1-2-9-4-3-5-10-8-11(13)6-7-12(9)10/h9-13H,2-8H2,1H3. The Morgan fingerprint density at radius 2 is 2.00 bits per heavy atom. The van der Waals surface area contributed by atoms with E-state index in [1.165, 1.54) is 32.1 Å². The molecule has 2 aliphatic rings. The van der Waals surface area contributed by atoms with Gasteiger partial charge >= 0.3 is 0 Å². The van der Waals surface area contributed by atoms with Crippen molar-refractivity contribution in [1.82, 2.24) is 0 Å². The number of rotatable bonds is 1. The van der Waals surface area contributed by atoms with E-state index in [0.717, 1.165) is 30.6 Å². The zero-order chi connectivity index (χ0) is 9.26. The summed E-state index contributed by atoms with van der Waals surface area (Å²) in [7, 11) is 0. The molecule has 2 fully saturated rings. The van der Waals surface area contributed by atoms with Crippen molar-refractivity contribution in [2.75, 3.05) is 0 Å². The van der Waals surface area contributed by atoms with Crippen molar-refractivity contribution < 1.29 is 5.11 Å². The number of hydrogen-bond acceptors (Lipinski definition) is 1. The summed E-state index contributed by atoms with van der Waals surface area (Å²) < 4.78 is 0. The van der Waals surface area contributed by atoms with Crippen molar-refractivity contribution in [3.05, 3.63) is 0 Å². The molecule has 0 saturated heterocycles. The van der Waals surface area contributed by atoms with Gasteiger partial charge in [0, 0.05) is 0 Å². The van der Waals surface area contributed by atoms with Crippen LogP contribution in [0.25, 0.3) is 0 Å². The molecule has 1 nitrogen and oxygen atoms in total. The summed E-state index contributed by atoms with van der Waals surface area (Å²) in [5.74, 6) is 2.80. The van der Waals surface area contributed by atoms with Gasteiger partial charge in [-0.2, -0.15) is 0 Å². The fourth-order valence-electron chi connectivity index (χ4n) is 3.58. The van der Waals surface area contributed by atoms with E-state index in [1.807, 2.05) is 0 Å². The molecule has 0 aromatic rings. The molecule has 0 aliphatic heterocycles. The Labute approximate surface area is 81.5 Å². The summed E-state index contributed by atoms with van der Waals surface area (Å²) in [5, 5.41) is 9.61. The summed E-state index contributed by atoms with van der Waals surface area (Å²) in [4.78, 5) is 0. The van der Waals surface area contributed by atoms with Gasteiger partial charge in [0.2, 0.25) is 0 Å². The molecule has 0 aromatic heterocycles. The molecule has 0 radical (unpaired) electrons. The number of aliphatic hydroxyl groups excluding tert-OH is 1. The van der Waals surface area contributed by atoms with E-state index in [9.17, 15) is 5.11 Å². The van der Waals surface area contributed by atoms with Gasteiger partial charge < -0.3 is 5.11 Å². The van der Waals surface area contributed by atoms with Crippen molar-refractivity contribution in [2.24, 2.45) is 17.8 Å². The molecule has 13 heavy (non-hydrogen) atoms. The Morgan fingerprint density at radius 3 is 2.77 bits per heavy atom. The average molecular weight is 182 g/mol. The first-order chi connectivity index (χ1) is 6.31. The van der Waals surface area contributed by atoms with Crippen LogP contribution in [0.15, 0.2) is 0 Å². The fraction of sp³-hybridized carbons (Fsp3) is 1.00. The molecule has 0 aromatic carbocycles. The molecule has 4 unspecified atom stereocenters. The van der Waals surface area contributed by atoms with E-state index in [-0.39, 0.29) is 6.10 Å². The molecule has 0 spiro atoms. The second kappa shape index (κ2) is 4.00. The highest BCUT2D eigenvalue weighted by molar-refractivity contribution is 4.87. The largest absolute Gasteiger partial charge is 0.393 e. The van der Waals surface area contributed by atoms with Crippen molar-refractivity contribution in [1.29, 1.82) is 0 Å². The zero-order valence-electron chi connectivity index (χ0n) is 8.71. The molecule has 2 rings (SSSR count). The van der Waals surface area contributed by atoms with Crippen LogP contribution < -0.4 is 0 Å². The summed E-state index contributed by atoms with van der Waals surface area (Å²) in [6.07, 6.45) is 9.09. The molecular weight excluding hydrogens is 160 g/mol. The molecule has 0 bridgehead atoms. The highest BCUT2D eigenvalue weighted by Crippen LogP contribution is 2.44. The van der Waals surface area contributed by atoms with Crippen LogP contribution in [-0.2, 0) is 0 Å².